The van der Waals surface area contributed by atoms with Gasteiger partial charge in [0.2, 0.25) is 11.3 Å². The number of nitrogens with zero attached hydrogens (tertiary/aromatic N) is 3. The number of ether oxygens (including phenoxy) is 1. The number of nitrogens with one attached hydrogen (secondary N) is 1. The molecule has 3 amide bonds. The number of likely N-dealkylation sites (N-methyl/N-ethyl adjacent to an activating group) is 2. The summed E-state index contributed by atoms with van der Waals surface area (Å²) in [6.45, 7) is 8.03. The molecule has 0 bridgehead atoms. The molecule has 0 radical (unpaired) electrons. The van der Waals surface area contributed by atoms with Gasteiger partial charge in [-0.05, 0) is 56.0 Å². The molecule has 0 saturated carbocycles. The maximum Gasteiger partial charge on any atom is 0.333 e. The molecule has 23 heteroatoms. The standard InChI is InChI=1S/C46H47Cl3N4O13S3/c1-45(2)18-24(21-68-66-65-59)26-14-28-33(16-31(26)51(45)5)63-34-17-32-27(25(23-69(60,61)62)19-46(3,4)52(32)6)15-29(34)39(28)40-30(20-54)41(47)43(49)44(42(40)48)67-22-35(55)50-13-9-7-8-10-38(58)64-53-36(56)11-12-37(53)57/h14-20H,7-13,21-23H2,1-6H3,(H2-,50,55,59,60,61,62)/p-1. The summed E-state index contributed by atoms with van der Waals surface area (Å²) in [5.74, 6) is -2.39. The van der Waals surface area contributed by atoms with Crippen molar-refractivity contribution in [3.63, 3.8) is 0 Å². The molecule has 4 aliphatic heterocycles. The van der Waals surface area contributed by atoms with Gasteiger partial charge in [-0.3, -0.25) is 24.2 Å². The van der Waals surface area contributed by atoms with Crippen LogP contribution in [0.1, 0.15) is 98.8 Å². The van der Waals surface area contributed by atoms with Gasteiger partial charge in [-0.25, -0.2) is 17.8 Å². The number of imide groups is 1. The van der Waals surface area contributed by atoms with Crippen LogP contribution in [-0.4, -0.2) is 97.0 Å². The Bertz CT molecular complexity index is 3000. The van der Waals surface area contributed by atoms with Gasteiger partial charge in [-0.1, -0.05) is 47.3 Å². The van der Waals surface area contributed by atoms with Gasteiger partial charge in [0.05, 0.1) is 53.9 Å². The lowest BCUT2D eigenvalue weighted by Gasteiger charge is -2.41. The normalized spacial score (nSPS) is 16.8. The van der Waals surface area contributed by atoms with Gasteiger partial charge < -0.3 is 29.6 Å². The first kappa shape index (κ1) is 52.3. The Morgan fingerprint density at radius 2 is 1.65 bits per heavy atom. The van der Waals surface area contributed by atoms with Gasteiger partial charge in [0.25, 0.3) is 11.8 Å². The van der Waals surface area contributed by atoms with Crippen LogP contribution in [0.5, 0.6) is 11.5 Å². The fraction of sp³-hybridized carbons (Fsp3) is 0.391. The molecule has 7 rings (SSSR count). The number of benzene rings is 3. The van der Waals surface area contributed by atoms with Crippen LogP contribution in [0, 0.1) is 0 Å². The van der Waals surface area contributed by atoms with Crippen LogP contribution in [0.15, 0.2) is 41.3 Å². The third kappa shape index (κ3) is 10.9. The quantitative estimate of drug-likeness (QED) is 0.0124. The first-order valence-electron chi connectivity index (χ1n) is 21.4. The Morgan fingerprint density at radius 3 is 2.32 bits per heavy atom. The van der Waals surface area contributed by atoms with E-state index in [1.165, 1.54) is 0 Å². The molecule has 3 aromatic carbocycles. The molecule has 17 nitrogen and oxygen atoms in total. The summed E-state index contributed by atoms with van der Waals surface area (Å²) in [6.07, 6.45) is 5.61. The molecular formula is C46H46Cl3N4O13S3-. The SMILES string of the molecule is CN1c2cc3c(cc2C(CSOO[O-])=CC1(C)C)C(c1c(Cl)c(SCC(=O)NCCCCCC(=O)ON2C(=O)CCC2=O)c(Cl)c(Cl)c1C=O)=c1cc2c(cc1O3)=[N+](C)C(C)(C)C=C2CS(=O)(=O)[O-]. The lowest BCUT2D eigenvalue weighted by Crippen LogP contribution is -2.47. The van der Waals surface area contributed by atoms with Gasteiger partial charge in [0.15, 0.2) is 11.8 Å². The number of carbonyl (C=O) groups excluding carboxylic acids is 5. The highest BCUT2D eigenvalue weighted by Gasteiger charge is 2.38. The molecular weight excluding hydrogens is 1020 g/mol. The molecule has 4 aliphatic rings. The zero-order valence-corrected chi connectivity index (χ0v) is 42.8. The average Bonchev–Trinajstić information content (AvgIpc) is 3.59. The molecule has 368 valence electrons. The maximum absolute atomic E-state index is 13.3. The number of fused-ring (bicyclic) bond motifs is 4. The van der Waals surface area contributed by atoms with E-state index in [2.05, 4.69) is 14.7 Å². The summed E-state index contributed by atoms with van der Waals surface area (Å²) in [5, 5.41) is 18.4. The molecule has 1 saturated heterocycles. The van der Waals surface area contributed by atoms with Gasteiger partial charge in [0.1, 0.15) is 18.5 Å². The Labute approximate surface area is 421 Å². The molecule has 3 aromatic rings. The van der Waals surface area contributed by atoms with Crippen LogP contribution in [0.25, 0.3) is 16.7 Å². The second kappa shape index (κ2) is 20.7. The number of hydrogen-bond donors (Lipinski definition) is 1. The van der Waals surface area contributed by atoms with E-state index in [9.17, 15) is 42.2 Å². The molecule has 1 N–H and O–H groups in total. The minimum absolute atomic E-state index is 0.00491. The molecule has 0 aromatic heterocycles. The number of unbranched alkanes of at least 4 members (excludes halogenated alkanes) is 2. The zero-order valence-electron chi connectivity index (χ0n) is 38.1. The number of amides is 3. The predicted molar refractivity (Wildman–Crippen MR) is 259 cm³/mol. The van der Waals surface area contributed by atoms with Crippen molar-refractivity contribution in [1.82, 2.24) is 15.0 Å². The number of rotatable bonds is 18. The van der Waals surface area contributed by atoms with E-state index in [4.69, 9.17) is 44.4 Å². The number of carbonyl (C=O) groups is 5. The summed E-state index contributed by atoms with van der Waals surface area (Å²) in [7, 11) is -1.03. The monoisotopic (exact) mass is 1060 g/mol. The van der Waals surface area contributed by atoms with Crippen LogP contribution in [0.2, 0.25) is 15.1 Å². The third-order valence-corrected chi connectivity index (χ3v) is 16.2. The number of hydrogen-bond acceptors (Lipinski definition) is 16. The third-order valence-electron chi connectivity index (χ3n) is 12.4. The highest BCUT2D eigenvalue weighted by molar-refractivity contribution is 8.00. The number of thioether (sulfide) groups is 1. The summed E-state index contributed by atoms with van der Waals surface area (Å²) in [5.41, 5.74) is 2.42. The van der Waals surface area contributed by atoms with Gasteiger partial charge >= 0.3 is 5.97 Å². The van der Waals surface area contributed by atoms with Crippen LogP contribution in [-0.2, 0) is 43.5 Å². The first-order chi connectivity index (χ1) is 32.5. The van der Waals surface area contributed by atoms with E-state index < -0.39 is 50.6 Å². The minimum atomic E-state index is -4.78. The molecule has 1 fully saturated rings. The Morgan fingerprint density at radius 1 is 0.942 bits per heavy atom. The number of aldehydes is 1. The number of anilines is 1. The lowest BCUT2D eigenvalue weighted by molar-refractivity contribution is -0.777. The van der Waals surface area contributed by atoms with Crippen molar-refractivity contribution in [3.05, 3.63) is 89.9 Å². The molecule has 69 heavy (non-hydrogen) atoms. The number of halogens is 3. The topological polar surface area (TPSA) is 224 Å². The van der Waals surface area contributed by atoms with Crippen molar-refractivity contribution in [1.29, 1.82) is 0 Å². The maximum atomic E-state index is 13.3. The van der Waals surface area contributed by atoms with Crippen molar-refractivity contribution >= 4 is 121 Å². The van der Waals surface area contributed by atoms with E-state index in [0.29, 0.717) is 75.0 Å². The Hall–Kier alpha value is -4.48. The fourth-order valence-electron chi connectivity index (χ4n) is 8.59. The largest absolute Gasteiger partial charge is 0.748 e. The minimum Gasteiger partial charge on any atom is -0.748 e. The van der Waals surface area contributed by atoms with Crippen molar-refractivity contribution < 1.29 is 61.1 Å². The molecule has 0 spiro atoms. The highest BCUT2D eigenvalue weighted by atomic mass is 35.5. The van der Waals surface area contributed by atoms with Crippen molar-refractivity contribution in [2.45, 2.75) is 82.2 Å². The first-order valence-corrected chi connectivity index (χ1v) is 26.1. The lowest BCUT2D eigenvalue weighted by atomic mass is 9.83. The fourth-order valence-corrected chi connectivity index (χ4v) is 11.7. The van der Waals surface area contributed by atoms with E-state index in [1.54, 1.807) is 18.2 Å². The Balaban J connectivity index is 1.29. The summed E-state index contributed by atoms with van der Waals surface area (Å²) >= 11 is 23.0. The second-order valence-electron chi connectivity index (χ2n) is 17.7. The Kier molecular flexibility index (Phi) is 15.7. The van der Waals surface area contributed by atoms with Gasteiger partial charge in [-0.15, -0.1) is 16.8 Å². The predicted octanol–water partition coefficient (Wildman–Crippen LogP) is 5.51. The van der Waals surface area contributed by atoms with E-state index in [0.717, 1.165) is 35.1 Å². The molecule has 0 unspecified atom stereocenters. The second-order valence-corrected chi connectivity index (χ2v) is 21.9. The highest BCUT2D eigenvalue weighted by Crippen LogP contribution is 2.51. The summed E-state index contributed by atoms with van der Waals surface area (Å²) < 4.78 is 50.5. The van der Waals surface area contributed by atoms with Crippen LogP contribution < -0.4 is 35.4 Å². The smallest absolute Gasteiger partial charge is 0.333 e. The van der Waals surface area contributed by atoms with Crippen molar-refractivity contribution in [2.75, 3.05) is 42.8 Å². The van der Waals surface area contributed by atoms with E-state index in [1.807, 2.05) is 69.5 Å². The van der Waals surface area contributed by atoms with Crippen molar-refractivity contribution in [2.24, 2.45) is 0 Å². The number of hydroxylamine groups is 2. The van der Waals surface area contributed by atoms with Crippen LogP contribution in [0.3, 0.4) is 0 Å². The molecule has 0 aliphatic carbocycles. The zero-order chi connectivity index (χ0) is 50.3. The van der Waals surface area contributed by atoms with Gasteiger partial charge in [-0.2, -0.15) is 4.33 Å². The average molecular weight is 1070 g/mol. The molecule has 0 atom stereocenters. The molecule has 4 heterocycles. The van der Waals surface area contributed by atoms with Crippen LogP contribution in [0.4, 0.5) is 5.69 Å². The van der Waals surface area contributed by atoms with Gasteiger partial charge in [0, 0.05) is 114 Å². The van der Waals surface area contributed by atoms with E-state index >= 15 is 0 Å². The van der Waals surface area contributed by atoms with E-state index in [-0.39, 0.29) is 74.0 Å². The summed E-state index contributed by atoms with van der Waals surface area (Å²) in [6, 6.07) is 7.12. The van der Waals surface area contributed by atoms with Crippen molar-refractivity contribution in [3.8, 4) is 11.5 Å². The van der Waals surface area contributed by atoms with Crippen LogP contribution >= 0.6 is 58.6 Å². The summed E-state index contributed by atoms with van der Waals surface area (Å²) in [4.78, 5) is 69.3.